The van der Waals surface area contributed by atoms with E-state index in [1.807, 2.05) is 5.32 Å². The zero-order valence-corrected chi connectivity index (χ0v) is 13.6. The van der Waals surface area contributed by atoms with Crippen LogP contribution < -0.4 is 10.1 Å². The van der Waals surface area contributed by atoms with E-state index in [9.17, 15) is 37.1 Å². The maximum absolute atomic E-state index is 13.8. The summed E-state index contributed by atoms with van der Waals surface area (Å²) in [6.07, 6.45) is -9.15. The van der Waals surface area contributed by atoms with Gasteiger partial charge in [-0.1, -0.05) is 6.07 Å². The Labute approximate surface area is 144 Å². The molecular weight excluding hydrogens is 366 g/mol. The van der Waals surface area contributed by atoms with Crippen molar-refractivity contribution >= 4 is 23.3 Å². The highest BCUT2D eigenvalue weighted by atomic mass is 19.4. The smallest absolute Gasteiger partial charge is 0.450 e. The number of hydrogen-bond donors (Lipinski definition) is 2. The summed E-state index contributed by atoms with van der Waals surface area (Å²) in [7, 11) is 1.99. The Morgan fingerprint density at radius 3 is 2.35 bits per heavy atom. The van der Waals surface area contributed by atoms with Crippen LogP contribution in [-0.2, 0) is 19.1 Å². The monoisotopic (exact) mass is 381 g/mol. The first-order valence-electron chi connectivity index (χ1n) is 7.02. The summed E-state index contributed by atoms with van der Waals surface area (Å²) >= 11 is 0. The fourth-order valence-corrected chi connectivity index (χ4v) is 1.99. The zero-order valence-electron chi connectivity index (χ0n) is 13.6. The molecule has 144 valence electrons. The molecule has 1 aromatic rings. The normalized spacial score (nSPS) is 13.5. The summed E-state index contributed by atoms with van der Waals surface area (Å²) in [6, 6.07) is 3.49. The van der Waals surface area contributed by atoms with Crippen molar-refractivity contribution in [2.24, 2.45) is 5.92 Å². The predicted molar refractivity (Wildman–Crippen MR) is 78.8 cm³/mol. The quantitative estimate of drug-likeness (QED) is 0.421. The maximum atomic E-state index is 13.8. The van der Waals surface area contributed by atoms with E-state index in [2.05, 4.69) is 4.74 Å². The van der Waals surface area contributed by atoms with Crippen LogP contribution in [0.25, 0.3) is 0 Å². The van der Waals surface area contributed by atoms with Gasteiger partial charge in [-0.25, -0.2) is 4.39 Å². The third kappa shape index (κ3) is 5.15. The van der Waals surface area contributed by atoms with Crippen molar-refractivity contribution in [3.05, 3.63) is 24.0 Å². The Bertz CT molecular complexity index is 691. The number of aliphatic hydroxyl groups excluding tert-OH is 1. The lowest BCUT2D eigenvalue weighted by atomic mass is 9.96. The Morgan fingerprint density at radius 1 is 1.23 bits per heavy atom. The molecule has 0 fully saturated rings. The number of carbonyl (C=O) groups excluding carboxylic acids is 3. The average molecular weight is 381 g/mol. The minimum atomic E-state index is -5.26. The molecule has 0 aliphatic carbocycles. The van der Waals surface area contributed by atoms with Crippen molar-refractivity contribution in [1.29, 1.82) is 0 Å². The third-order valence-corrected chi connectivity index (χ3v) is 3.28. The highest BCUT2D eigenvalue weighted by Crippen LogP contribution is 2.28. The summed E-state index contributed by atoms with van der Waals surface area (Å²) in [5.41, 5.74) is -0.497. The van der Waals surface area contributed by atoms with Gasteiger partial charge in [-0.05, 0) is 12.1 Å². The third-order valence-electron chi connectivity index (χ3n) is 3.28. The van der Waals surface area contributed by atoms with Crippen LogP contribution in [0.5, 0.6) is 5.75 Å². The number of esters is 1. The van der Waals surface area contributed by atoms with Gasteiger partial charge in [0.1, 0.15) is 11.4 Å². The Balaban J connectivity index is 3.09. The highest BCUT2D eigenvalue weighted by Gasteiger charge is 2.43. The minimum absolute atomic E-state index is 0.136. The number of carbonyl (C=O) groups is 3. The van der Waals surface area contributed by atoms with Crippen molar-refractivity contribution in [3.8, 4) is 5.75 Å². The SMILES string of the molecule is COC(=O)C(C(=O)Nc1c(F)cccc1OC)C(O)CC(=O)C(F)(F)F. The van der Waals surface area contributed by atoms with Gasteiger partial charge in [0.15, 0.2) is 11.7 Å². The van der Waals surface area contributed by atoms with Crippen LogP contribution >= 0.6 is 0 Å². The van der Waals surface area contributed by atoms with Crippen LogP contribution in [0.3, 0.4) is 0 Å². The molecule has 11 heteroatoms. The topological polar surface area (TPSA) is 102 Å². The molecule has 0 spiro atoms. The first-order chi connectivity index (χ1) is 12.0. The van der Waals surface area contributed by atoms with Gasteiger partial charge in [0.05, 0.1) is 20.3 Å². The highest BCUT2D eigenvalue weighted by molar-refractivity contribution is 6.06. The van der Waals surface area contributed by atoms with E-state index in [1.165, 1.54) is 19.2 Å². The van der Waals surface area contributed by atoms with E-state index in [4.69, 9.17) is 4.74 Å². The summed E-state index contributed by atoms with van der Waals surface area (Å²) < 4.78 is 59.9. The maximum Gasteiger partial charge on any atom is 0.450 e. The number of nitrogens with one attached hydrogen (secondary N) is 1. The van der Waals surface area contributed by atoms with Gasteiger partial charge in [-0.15, -0.1) is 0 Å². The first-order valence-corrected chi connectivity index (χ1v) is 7.02. The number of para-hydroxylation sites is 1. The molecule has 0 saturated carbocycles. The van der Waals surface area contributed by atoms with Gasteiger partial charge >= 0.3 is 12.1 Å². The number of ketones is 1. The van der Waals surface area contributed by atoms with Crippen molar-refractivity contribution in [2.45, 2.75) is 18.7 Å². The number of halogens is 4. The molecule has 26 heavy (non-hydrogen) atoms. The molecule has 2 N–H and O–H groups in total. The van der Waals surface area contributed by atoms with E-state index < -0.39 is 53.8 Å². The molecule has 2 unspecified atom stereocenters. The molecule has 0 saturated heterocycles. The number of rotatable bonds is 7. The molecule has 7 nitrogen and oxygen atoms in total. The lowest BCUT2D eigenvalue weighted by Crippen LogP contribution is -2.42. The van der Waals surface area contributed by atoms with Crippen LogP contribution in [0, 0.1) is 11.7 Å². The van der Waals surface area contributed by atoms with Gasteiger partial charge in [0, 0.05) is 6.42 Å². The molecule has 0 aliphatic rings. The Kier molecular flexibility index (Phi) is 7.07. The molecule has 1 aromatic carbocycles. The van der Waals surface area contributed by atoms with Crippen molar-refractivity contribution < 1.29 is 46.5 Å². The number of alkyl halides is 3. The van der Waals surface area contributed by atoms with E-state index in [-0.39, 0.29) is 5.75 Å². The van der Waals surface area contributed by atoms with Crippen molar-refractivity contribution in [2.75, 3.05) is 19.5 Å². The van der Waals surface area contributed by atoms with Crippen LogP contribution in [0.15, 0.2) is 18.2 Å². The number of methoxy groups -OCH3 is 2. The second-order valence-corrected chi connectivity index (χ2v) is 5.00. The van der Waals surface area contributed by atoms with Gasteiger partial charge in [0.25, 0.3) is 0 Å². The zero-order chi connectivity index (χ0) is 20.1. The van der Waals surface area contributed by atoms with Crippen molar-refractivity contribution in [3.63, 3.8) is 0 Å². The standard InChI is InChI=1S/C15H15F4NO6/c1-25-9-5-3-4-7(16)12(9)20-13(23)11(14(24)26-2)8(21)6-10(22)15(17,18)19/h3-5,8,11,21H,6H2,1-2H3,(H,20,23). The molecule has 0 aliphatic heterocycles. The first kappa shape index (κ1) is 21.4. The number of amides is 1. The van der Waals surface area contributed by atoms with Gasteiger partial charge < -0.3 is 19.9 Å². The lowest BCUT2D eigenvalue weighted by Gasteiger charge is -2.21. The fourth-order valence-electron chi connectivity index (χ4n) is 1.99. The number of benzene rings is 1. The van der Waals surface area contributed by atoms with E-state index in [1.54, 1.807) is 0 Å². The Morgan fingerprint density at radius 2 is 1.85 bits per heavy atom. The lowest BCUT2D eigenvalue weighted by molar-refractivity contribution is -0.174. The number of Topliss-reactive ketones (excluding diaryl/α,β-unsaturated/α-hetero) is 1. The second-order valence-electron chi connectivity index (χ2n) is 5.00. The molecule has 0 radical (unpaired) electrons. The van der Waals surface area contributed by atoms with Gasteiger partial charge in [-0.2, -0.15) is 13.2 Å². The summed E-state index contributed by atoms with van der Waals surface area (Å²) in [4.78, 5) is 34.9. The summed E-state index contributed by atoms with van der Waals surface area (Å²) in [5.74, 6) is -8.40. The van der Waals surface area contributed by atoms with Crippen LogP contribution in [0.2, 0.25) is 0 Å². The molecular formula is C15H15F4NO6. The van der Waals surface area contributed by atoms with Gasteiger partial charge in [0.2, 0.25) is 11.7 Å². The van der Waals surface area contributed by atoms with E-state index >= 15 is 0 Å². The molecule has 1 rings (SSSR count). The summed E-state index contributed by atoms with van der Waals surface area (Å²) in [5, 5.41) is 11.7. The second kappa shape index (κ2) is 8.61. The van der Waals surface area contributed by atoms with Crippen LogP contribution in [0.4, 0.5) is 23.2 Å². The molecule has 0 heterocycles. The number of aliphatic hydroxyl groups is 1. The molecule has 1 amide bonds. The number of hydrogen-bond acceptors (Lipinski definition) is 6. The minimum Gasteiger partial charge on any atom is -0.494 e. The van der Waals surface area contributed by atoms with E-state index in [0.29, 0.717) is 0 Å². The Hall–Kier alpha value is -2.69. The van der Waals surface area contributed by atoms with Crippen molar-refractivity contribution in [1.82, 2.24) is 0 Å². The largest absolute Gasteiger partial charge is 0.494 e. The van der Waals surface area contributed by atoms with Crippen LogP contribution in [-0.4, -0.2) is 49.3 Å². The fraction of sp³-hybridized carbons (Fsp3) is 0.400. The summed E-state index contributed by atoms with van der Waals surface area (Å²) in [6.45, 7) is 0. The molecule has 0 bridgehead atoms. The predicted octanol–water partition coefficient (Wildman–Crippen LogP) is 1.44. The molecule has 0 aromatic heterocycles. The van der Waals surface area contributed by atoms with Crippen LogP contribution in [0.1, 0.15) is 6.42 Å². The van der Waals surface area contributed by atoms with Gasteiger partial charge in [-0.3, -0.25) is 14.4 Å². The number of anilines is 1. The van der Waals surface area contributed by atoms with E-state index in [0.717, 1.165) is 13.2 Å². The molecule has 2 atom stereocenters. The average Bonchev–Trinajstić information content (AvgIpc) is 2.55. The number of ether oxygens (including phenoxy) is 2.